The van der Waals surface area contributed by atoms with Gasteiger partial charge in [-0.2, -0.15) is 0 Å². The lowest BCUT2D eigenvalue weighted by atomic mass is 9.96. The number of hydrogen-bond donors (Lipinski definition) is 2. The van der Waals surface area contributed by atoms with E-state index in [9.17, 15) is 5.11 Å². The van der Waals surface area contributed by atoms with Crippen molar-refractivity contribution in [3.05, 3.63) is 22.4 Å². The predicted octanol–water partition coefficient (Wildman–Crippen LogP) is 2.78. The van der Waals surface area contributed by atoms with E-state index < -0.39 is 0 Å². The minimum atomic E-state index is -0.00926. The van der Waals surface area contributed by atoms with Crippen molar-refractivity contribution >= 4 is 11.3 Å². The summed E-state index contributed by atoms with van der Waals surface area (Å²) in [7, 11) is 0. The Morgan fingerprint density at radius 2 is 2.50 bits per heavy atom. The van der Waals surface area contributed by atoms with Crippen molar-refractivity contribution in [3.63, 3.8) is 0 Å². The first kappa shape index (κ1) is 12.1. The lowest BCUT2D eigenvalue weighted by Gasteiger charge is -2.28. The molecule has 0 bridgehead atoms. The van der Waals surface area contributed by atoms with Crippen LogP contribution in [0.1, 0.15) is 37.5 Å². The van der Waals surface area contributed by atoms with E-state index in [0.29, 0.717) is 0 Å². The molecule has 1 fully saturated rings. The van der Waals surface area contributed by atoms with Gasteiger partial charge in [-0.15, -0.1) is 11.3 Å². The Labute approximate surface area is 102 Å². The third-order valence-corrected chi connectivity index (χ3v) is 4.68. The Balaban J connectivity index is 1.90. The summed E-state index contributed by atoms with van der Waals surface area (Å²) in [5.41, 5.74) is -0.00926. The maximum absolute atomic E-state index is 9.60. The molecule has 1 aliphatic rings. The minimum Gasteiger partial charge on any atom is -0.394 e. The van der Waals surface area contributed by atoms with Gasteiger partial charge in [0.25, 0.3) is 0 Å². The lowest BCUT2D eigenvalue weighted by Crippen LogP contribution is -2.45. The molecular weight excluding hydrogens is 218 g/mol. The summed E-state index contributed by atoms with van der Waals surface area (Å²) < 4.78 is 0. The van der Waals surface area contributed by atoms with Crippen molar-refractivity contribution in [1.29, 1.82) is 0 Å². The zero-order valence-corrected chi connectivity index (χ0v) is 10.7. The second kappa shape index (κ2) is 5.30. The van der Waals surface area contributed by atoms with Crippen molar-refractivity contribution in [1.82, 2.24) is 5.32 Å². The van der Waals surface area contributed by atoms with E-state index in [-0.39, 0.29) is 12.1 Å². The highest BCUT2D eigenvalue weighted by atomic mass is 32.1. The van der Waals surface area contributed by atoms with Crippen LogP contribution in [0.3, 0.4) is 0 Å². The molecule has 0 saturated heterocycles. The fourth-order valence-electron chi connectivity index (χ4n) is 2.63. The summed E-state index contributed by atoms with van der Waals surface area (Å²) in [6.07, 6.45) is 4.75. The molecule has 1 saturated carbocycles. The normalized spacial score (nSPS) is 29.8. The summed E-state index contributed by atoms with van der Waals surface area (Å²) in [5, 5.41) is 15.3. The zero-order valence-electron chi connectivity index (χ0n) is 9.91. The van der Waals surface area contributed by atoms with Gasteiger partial charge in [-0.3, -0.25) is 0 Å². The Morgan fingerprint density at radius 1 is 1.62 bits per heavy atom. The summed E-state index contributed by atoms with van der Waals surface area (Å²) in [5.74, 6) is 0.794. The lowest BCUT2D eigenvalue weighted by molar-refractivity contribution is 0.158. The van der Waals surface area contributed by atoms with Crippen molar-refractivity contribution in [3.8, 4) is 0 Å². The molecule has 1 aliphatic carbocycles. The van der Waals surface area contributed by atoms with Crippen molar-refractivity contribution in [2.45, 2.75) is 44.7 Å². The molecule has 16 heavy (non-hydrogen) atoms. The van der Waals surface area contributed by atoms with Gasteiger partial charge in [-0.1, -0.05) is 19.4 Å². The molecule has 2 unspecified atom stereocenters. The summed E-state index contributed by atoms with van der Waals surface area (Å²) in [4.78, 5) is 1.35. The molecule has 2 N–H and O–H groups in total. The van der Waals surface area contributed by atoms with Crippen molar-refractivity contribution in [2.75, 3.05) is 6.61 Å². The summed E-state index contributed by atoms with van der Waals surface area (Å²) >= 11 is 1.78. The zero-order chi connectivity index (χ0) is 11.4. The highest BCUT2D eigenvalue weighted by Gasteiger charge is 2.37. The van der Waals surface area contributed by atoms with Gasteiger partial charge < -0.3 is 10.4 Å². The molecule has 0 aliphatic heterocycles. The molecule has 0 spiro atoms. The Morgan fingerprint density at radius 3 is 3.06 bits per heavy atom. The highest BCUT2D eigenvalue weighted by Crippen LogP contribution is 2.36. The summed E-state index contributed by atoms with van der Waals surface area (Å²) in [6, 6.07) is 4.23. The molecule has 90 valence electrons. The number of aliphatic hydroxyl groups excluding tert-OH is 1. The molecule has 0 aromatic carbocycles. The van der Waals surface area contributed by atoms with Crippen LogP contribution in [0, 0.1) is 5.92 Å². The molecule has 3 heteroatoms. The number of thiophene rings is 1. The van der Waals surface area contributed by atoms with Gasteiger partial charge in [0, 0.05) is 17.0 Å². The van der Waals surface area contributed by atoms with E-state index in [4.69, 9.17) is 0 Å². The van der Waals surface area contributed by atoms with E-state index in [1.807, 2.05) is 0 Å². The van der Waals surface area contributed by atoms with E-state index >= 15 is 0 Å². The van der Waals surface area contributed by atoms with E-state index in [0.717, 1.165) is 25.3 Å². The van der Waals surface area contributed by atoms with Crippen molar-refractivity contribution < 1.29 is 5.11 Å². The molecule has 0 amide bonds. The fraction of sp³-hybridized carbons (Fsp3) is 0.692. The predicted molar refractivity (Wildman–Crippen MR) is 68.6 cm³/mol. The monoisotopic (exact) mass is 239 g/mol. The maximum Gasteiger partial charge on any atom is 0.0613 e. The van der Waals surface area contributed by atoms with Crippen LogP contribution in [0.5, 0.6) is 0 Å². The molecule has 2 nitrogen and oxygen atoms in total. The Bertz CT molecular complexity index is 312. The van der Waals surface area contributed by atoms with Crippen molar-refractivity contribution in [2.24, 2.45) is 5.92 Å². The largest absolute Gasteiger partial charge is 0.394 e. The van der Waals surface area contributed by atoms with Crippen LogP contribution >= 0.6 is 11.3 Å². The third kappa shape index (κ3) is 2.65. The molecule has 0 radical (unpaired) electrons. The van der Waals surface area contributed by atoms with Gasteiger partial charge in [0.1, 0.15) is 0 Å². The van der Waals surface area contributed by atoms with Crippen LogP contribution in [-0.2, 0) is 6.54 Å². The molecule has 1 aromatic heterocycles. The number of aliphatic hydroxyl groups is 1. The van der Waals surface area contributed by atoms with E-state index in [2.05, 4.69) is 29.8 Å². The van der Waals surface area contributed by atoms with Crippen LogP contribution in [0.2, 0.25) is 0 Å². The highest BCUT2D eigenvalue weighted by molar-refractivity contribution is 7.09. The molecule has 1 aromatic rings. The molecule has 2 atom stereocenters. The average molecular weight is 239 g/mol. The topological polar surface area (TPSA) is 32.3 Å². The second-order valence-corrected chi connectivity index (χ2v) is 5.92. The van der Waals surface area contributed by atoms with E-state index in [1.165, 1.54) is 17.7 Å². The maximum atomic E-state index is 9.60. The summed E-state index contributed by atoms with van der Waals surface area (Å²) in [6.45, 7) is 3.42. The quantitative estimate of drug-likeness (QED) is 0.828. The van der Waals surface area contributed by atoms with Gasteiger partial charge in [-0.05, 0) is 36.6 Å². The number of rotatable bonds is 5. The van der Waals surface area contributed by atoms with Crippen LogP contribution in [-0.4, -0.2) is 17.3 Å². The first-order chi connectivity index (χ1) is 7.78. The van der Waals surface area contributed by atoms with Gasteiger partial charge in [0.05, 0.1) is 6.61 Å². The SMILES string of the molecule is CCC1CCC(CO)(NCc2cccs2)C1. The van der Waals surface area contributed by atoms with E-state index in [1.54, 1.807) is 11.3 Å². The Kier molecular flexibility index (Phi) is 4.00. The van der Waals surface area contributed by atoms with Crippen LogP contribution < -0.4 is 5.32 Å². The van der Waals surface area contributed by atoms with Gasteiger partial charge in [0.15, 0.2) is 0 Å². The first-order valence-corrected chi connectivity index (χ1v) is 7.04. The fourth-order valence-corrected chi connectivity index (χ4v) is 3.28. The smallest absolute Gasteiger partial charge is 0.0613 e. The number of hydrogen-bond acceptors (Lipinski definition) is 3. The van der Waals surface area contributed by atoms with Crippen LogP contribution in [0.4, 0.5) is 0 Å². The van der Waals surface area contributed by atoms with Crippen LogP contribution in [0.15, 0.2) is 17.5 Å². The van der Waals surface area contributed by atoms with Gasteiger partial charge >= 0.3 is 0 Å². The average Bonchev–Trinajstić information content (AvgIpc) is 2.96. The standard InChI is InChI=1S/C13H21NOS/c1-2-11-5-6-13(8-11,10-15)14-9-12-4-3-7-16-12/h3-4,7,11,14-15H,2,5-6,8-10H2,1H3. The molecular formula is C13H21NOS. The molecule has 1 heterocycles. The number of nitrogens with one attached hydrogen (secondary N) is 1. The van der Waals surface area contributed by atoms with Gasteiger partial charge in [0.2, 0.25) is 0 Å². The minimum absolute atomic E-state index is 0.00926. The second-order valence-electron chi connectivity index (χ2n) is 4.89. The Hall–Kier alpha value is -0.380. The van der Waals surface area contributed by atoms with Gasteiger partial charge in [-0.25, -0.2) is 0 Å². The third-order valence-electron chi connectivity index (χ3n) is 3.81. The first-order valence-electron chi connectivity index (χ1n) is 6.16. The molecule has 2 rings (SSSR count). The van der Waals surface area contributed by atoms with Crippen LogP contribution in [0.25, 0.3) is 0 Å².